The molecule has 26 heavy (non-hydrogen) atoms. The quantitative estimate of drug-likeness (QED) is 0.788. The molecular weight excluding hydrogens is 347 g/mol. The summed E-state index contributed by atoms with van der Waals surface area (Å²) in [6, 6.07) is 10.3. The zero-order valence-corrected chi connectivity index (χ0v) is 16.3. The van der Waals surface area contributed by atoms with Crippen LogP contribution in [0.1, 0.15) is 43.0 Å². The fraction of sp³-hybridized carbons (Fsp3) is 0.476. The fourth-order valence-corrected chi connectivity index (χ4v) is 4.30. The number of nitrogens with one attached hydrogen (secondary N) is 1. The minimum absolute atomic E-state index is 0.0114. The third-order valence-electron chi connectivity index (χ3n) is 5.23. The van der Waals surface area contributed by atoms with E-state index in [1.807, 2.05) is 17.5 Å². The molecule has 2 aromatic rings. The molecule has 1 aromatic heterocycles. The molecule has 1 fully saturated rings. The van der Waals surface area contributed by atoms with Gasteiger partial charge in [-0.15, -0.1) is 11.3 Å². The molecule has 1 aliphatic rings. The Morgan fingerprint density at radius 3 is 2.54 bits per heavy atom. The average molecular weight is 375 g/mol. The first-order valence-corrected chi connectivity index (χ1v) is 10.1. The minimum atomic E-state index is -0.302. The first-order valence-electron chi connectivity index (χ1n) is 9.26. The number of halogens is 1. The van der Waals surface area contributed by atoms with Gasteiger partial charge in [0, 0.05) is 17.0 Å². The maximum absolute atomic E-state index is 13.3. The Labute approximate surface area is 159 Å². The third kappa shape index (κ3) is 4.71. The van der Waals surface area contributed by atoms with Crippen LogP contribution in [0.5, 0.6) is 0 Å². The van der Waals surface area contributed by atoms with E-state index < -0.39 is 0 Å². The van der Waals surface area contributed by atoms with Crippen LogP contribution in [0.3, 0.4) is 0 Å². The molecule has 0 aliphatic carbocycles. The number of likely N-dealkylation sites (tertiary alicyclic amines) is 1. The van der Waals surface area contributed by atoms with Gasteiger partial charge in [-0.25, -0.2) is 4.39 Å². The maximum Gasteiger partial charge on any atom is 0.227 e. The molecule has 1 atom stereocenters. The molecule has 3 nitrogen and oxygen atoms in total. The predicted molar refractivity (Wildman–Crippen MR) is 105 cm³/mol. The van der Waals surface area contributed by atoms with Crippen LogP contribution < -0.4 is 5.32 Å². The highest BCUT2D eigenvalue weighted by Crippen LogP contribution is 2.25. The maximum atomic E-state index is 13.3. The summed E-state index contributed by atoms with van der Waals surface area (Å²) >= 11 is 1.65. The summed E-state index contributed by atoms with van der Waals surface area (Å²) in [5.41, 5.74) is 0.805. The number of thiophene rings is 1. The second-order valence-electron chi connectivity index (χ2n) is 7.61. The number of carbonyl (C=O) groups excluding carboxylic acids is 1. The Balaban J connectivity index is 1.70. The van der Waals surface area contributed by atoms with Crippen LogP contribution in [-0.4, -0.2) is 36.0 Å². The third-order valence-corrected chi connectivity index (χ3v) is 6.13. The number of hydrogen-bond donors (Lipinski definition) is 1. The van der Waals surface area contributed by atoms with Gasteiger partial charge in [0.25, 0.3) is 0 Å². The lowest BCUT2D eigenvalue weighted by atomic mass is 9.93. The molecule has 1 N–H and O–H groups in total. The SMILES string of the molecule is CC(C)(CNC(=O)C(Cc1cccs1)c1ccc(F)cc1)N1CCCC1. The van der Waals surface area contributed by atoms with Crippen LogP contribution in [0.4, 0.5) is 4.39 Å². The van der Waals surface area contributed by atoms with Crippen molar-refractivity contribution >= 4 is 17.2 Å². The van der Waals surface area contributed by atoms with Crippen LogP contribution >= 0.6 is 11.3 Å². The average Bonchev–Trinajstić information content (AvgIpc) is 3.32. The van der Waals surface area contributed by atoms with E-state index in [1.54, 1.807) is 23.5 Å². The van der Waals surface area contributed by atoms with Gasteiger partial charge in [-0.1, -0.05) is 18.2 Å². The van der Waals surface area contributed by atoms with Crippen LogP contribution in [0, 0.1) is 5.82 Å². The number of benzene rings is 1. The van der Waals surface area contributed by atoms with Crippen molar-refractivity contribution in [2.24, 2.45) is 0 Å². The summed E-state index contributed by atoms with van der Waals surface area (Å²) in [7, 11) is 0. The molecule has 1 amide bonds. The molecular formula is C21H27FN2OS. The van der Waals surface area contributed by atoms with E-state index in [0.29, 0.717) is 13.0 Å². The Morgan fingerprint density at radius 2 is 1.92 bits per heavy atom. The Bertz CT molecular complexity index is 706. The van der Waals surface area contributed by atoms with E-state index in [4.69, 9.17) is 0 Å². The molecule has 5 heteroatoms. The summed E-state index contributed by atoms with van der Waals surface area (Å²) in [4.78, 5) is 16.6. The zero-order valence-electron chi connectivity index (χ0n) is 15.5. The van der Waals surface area contributed by atoms with Crippen LogP contribution in [0.2, 0.25) is 0 Å². The second-order valence-corrected chi connectivity index (χ2v) is 8.64. The highest BCUT2D eigenvalue weighted by molar-refractivity contribution is 7.09. The summed E-state index contributed by atoms with van der Waals surface area (Å²) in [6.45, 7) is 7.18. The lowest BCUT2D eigenvalue weighted by molar-refractivity contribution is -0.123. The molecule has 0 radical (unpaired) electrons. The van der Waals surface area contributed by atoms with E-state index in [2.05, 4.69) is 24.1 Å². The standard InChI is InChI=1S/C21H27FN2OS/c1-21(2,24-11-3-4-12-24)15-23-20(25)19(14-18-6-5-13-26-18)16-7-9-17(22)10-8-16/h5-10,13,19H,3-4,11-12,14-15H2,1-2H3,(H,23,25). The monoisotopic (exact) mass is 374 g/mol. The van der Waals surface area contributed by atoms with Gasteiger partial charge < -0.3 is 5.32 Å². The molecule has 2 heterocycles. The highest BCUT2D eigenvalue weighted by atomic mass is 32.1. The van der Waals surface area contributed by atoms with E-state index in [9.17, 15) is 9.18 Å². The van der Waals surface area contributed by atoms with Crippen LogP contribution in [0.25, 0.3) is 0 Å². The van der Waals surface area contributed by atoms with Crippen molar-refractivity contribution in [3.63, 3.8) is 0 Å². The van der Waals surface area contributed by atoms with Gasteiger partial charge in [-0.3, -0.25) is 9.69 Å². The van der Waals surface area contributed by atoms with Gasteiger partial charge in [-0.2, -0.15) is 0 Å². The van der Waals surface area contributed by atoms with Crippen LogP contribution in [0.15, 0.2) is 41.8 Å². The minimum Gasteiger partial charge on any atom is -0.354 e. The lowest BCUT2D eigenvalue weighted by Gasteiger charge is -2.36. The molecule has 140 valence electrons. The van der Waals surface area contributed by atoms with E-state index in [1.165, 1.54) is 25.0 Å². The van der Waals surface area contributed by atoms with Gasteiger partial charge in [0.05, 0.1) is 5.92 Å². The second kappa shape index (κ2) is 8.31. The van der Waals surface area contributed by atoms with Crippen LogP contribution in [-0.2, 0) is 11.2 Å². The van der Waals surface area contributed by atoms with Gasteiger partial charge in [0.2, 0.25) is 5.91 Å². The van der Waals surface area contributed by atoms with Crippen molar-refractivity contribution < 1.29 is 9.18 Å². The van der Waals surface area contributed by atoms with Crippen molar-refractivity contribution in [2.45, 2.75) is 44.6 Å². The molecule has 1 aliphatic heterocycles. The van der Waals surface area contributed by atoms with Gasteiger partial charge >= 0.3 is 0 Å². The largest absolute Gasteiger partial charge is 0.354 e. The zero-order chi connectivity index (χ0) is 18.6. The van der Waals surface area contributed by atoms with E-state index in [0.717, 1.165) is 23.5 Å². The molecule has 0 spiro atoms. The first kappa shape index (κ1) is 19.1. The number of carbonyl (C=O) groups is 1. The lowest BCUT2D eigenvalue weighted by Crippen LogP contribution is -2.51. The summed E-state index contributed by atoms with van der Waals surface area (Å²) < 4.78 is 13.3. The fourth-order valence-electron chi connectivity index (χ4n) is 3.55. The molecule has 0 saturated carbocycles. The van der Waals surface area contributed by atoms with E-state index in [-0.39, 0.29) is 23.2 Å². The van der Waals surface area contributed by atoms with Crippen molar-refractivity contribution in [3.8, 4) is 0 Å². The Morgan fingerprint density at radius 1 is 1.23 bits per heavy atom. The molecule has 0 bridgehead atoms. The van der Waals surface area contributed by atoms with Gasteiger partial charge in [0.15, 0.2) is 0 Å². The Kier molecular flexibility index (Phi) is 6.09. The van der Waals surface area contributed by atoms with Crippen molar-refractivity contribution in [1.29, 1.82) is 0 Å². The topological polar surface area (TPSA) is 32.3 Å². The Hall–Kier alpha value is -1.72. The smallest absolute Gasteiger partial charge is 0.227 e. The van der Waals surface area contributed by atoms with Crippen molar-refractivity contribution in [3.05, 3.63) is 58.0 Å². The summed E-state index contributed by atoms with van der Waals surface area (Å²) in [5.74, 6) is -0.569. The van der Waals surface area contributed by atoms with E-state index >= 15 is 0 Å². The normalized spacial score (nSPS) is 16.6. The molecule has 1 unspecified atom stereocenters. The number of rotatable bonds is 7. The first-order chi connectivity index (χ1) is 12.5. The molecule has 1 saturated heterocycles. The number of amides is 1. The van der Waals surface area contributed by atoms with Crippen molar-refractivity contribution in [1.82, 2.24) is 10.2 Å². The number of hydrogen-bond acceptors (Lipinski definition) is 3. The highest BCUT2D eigenvalue weighted by Gasteiger charge is 2.30. The molecule has 1 aromatic carbocycles. The summed E-state index contributed by atoms with van der Waals surface area (Å²) in [6.07, 6.45) is 3.10. The van der Waals surface area contributed by atoms with Gasteiger partial charge in [-0.05, 0) is 75.3 Å². The molecule has 3 rings (SSSR count). The predicted octanol–water partition coefficient (Wildman–Crippen LogP) is 4.20. The van der Waals surface area contributed by atoms with Gasteiger partial charge in [0.1, 0.15) is 5.82 Å². The summed E-state index contributed by atoms with van der Waals surface area (Å²) in [5, 5.41) is 5.18. The number of nitrogens with zero attached hydrogens (tertiary/aromatic N) is 1. The van der Waals surface area contributed by atoms with Crippen molar-refractivity contribution in [2.75, 3.05) is 19.6 Å².